The summed E-state index contributed by atoms with van der Waals surface area (Å²) in [6, 6.07) is 6.26. The van der Waals surface area contributed by atoms with E-state index < -0.39 is 0 Å². The van der Waals surface area contributed by atoms with Gasteiger partial charge in [-0.25, -0.2) is 0 Å². The fourth-order valence-corrected chi connectivity index (χ4v) is 1.93. The third-order valence-electron chi connectivity index (χ3n) is 2.86. The first-order valence-corrected chi connectivity index (χ1v) is 5.56. The summed E-state index contributed by atoms with van der Waals surface area (Å²) >= 11 is 0. The Morgan fingerprint density at radius 3 is 2.88 bits per heavy atom. The van der Waals surface area contributed by atoms with Crippen LogP contribution in [0.4, 0.5) is 0 Å². The van der Waals surface area contributed by atoms with E-state index in [-0.39, 0.29) is 6.04 Å². The summed E-state index contributed by atoms with van der Waals surface area (Å²) in [4.78, 5) is 0. The monoisotopic (exact) mass is 218 g/mol. The molecule has 0 amide bonds. The molecule has 2 heterocycles. The summed E-state index contributed by atoms with van der Waals surface area (Å²) in [5.41, 5.74) is 8.32. The summed E-state index contributed by atoms with van der Waals surface area (Å²) < 4.78 is 4.12. The molecule has 4 nitrogen and oxygen atoms in total. The van der Waals surface area contributed by atoms with E-state index >= 15 is 0 Å². The van der Waals surface area contributed by atoms with Gasteiger partial charge >= 0.3 is 0 Å². The number of nitrogens with two attached hydrogens (primary N) is 1. The van der Waals surface area contributed by atoms with Crippen LogP contribution in [0.2, 0.25) is 0 Å². The molecule has 0 radical (unpaired) electrons. The van der Waals surface area contributed by atoms with Crippen molar-refractivity contribution in [3.63, 3.8) is 0 Å². The Labute approximate surface area is 95.7 Å². The van der Waals surface area contributed by atoms with Crippen LogP contribution in [0.5, 0.6) is 0 Å². The van der Waals surface area contributed by atoms with Crippen molar-refractivity contribution in [2.24, 2.45) is 12.8 Å². The highest BCUT2D eigenvalue weighted by Crippen LogP contribution is 2.11. The van der Waals surface area contributed by atoms with Crippen molar-refractivity contribution >= 4 is 0 Å². The van der Waals surface area contributed by atoms with E-state index in [1.165, 1.54) is 11.4 Å². The van der Waals surface area contributed by atoms with E-state index in [1.54, 1.807) is 0 Å². The summed E-state index contributed by atoms with van der Waals surface area (Å²) in [6.07, 6.45) is 4.89. The van der Waals surface area contributed by atoms with Gasteiger partial charge in [-0.3, -0.25) is 4.68 Å². The predicted octanol–water partition coefficient (Wildman–Crippen LogP) is 1.48. The third kappa shape index (κ3) is 2.17. The molecule has 2 aromatic heterocycles. The number of rotatable bonds is 4. The van der Waals surface area contributed by atoms with Crippen molar-refractivity contribution < 1.29 is 0 Å². The summed E-state index contributed by atoms with van der Waals surface area (Å²) in [6.45, 7) is 2.96. The molecule has 86 valence electrons. The normalized spacial score (nSPS) is 12.9. The van der Waals surface area contributed by atoms with Gasteiger partial charge < -0.3 is 10.3 Å². The van der Waals surface area contributed by atoms with Crippen molar-refractivity contribution in [2.45, 2.75) is 25.9 Å². The summed E-state index contributed by atoms with van der Waals surface area (Å²) in [7, 11) is 1.97. The zero-order valence-electron chi connectivity index (χ0n) is 9.80. The molecule has 0 saturated carbocycles. The van der Waals surface area contributed by atoms with E-state index in [1.807, 2.05) is 30.9 Å². The highest BCUT2D eigenvalue weighted by Gasteiger charge is 2.06. The molecule has 4 heteroatoms. The highest BCUT2D eigenvalue weighted by molar-refractivity contribution is 5.11. The van der Waals surface area contributed by atoms with Gasteiger partial charge in [0.05, 0.1) is 0 Å². The lowest BCUT2D eigenvalue weighted by atomic mass is 10.2. The molecular formula is C12H18N4. The van der Waals surface area contributed by atoms with Gasteiger partial charge in [-0.1, -0.05) is 0 Å². The minimum absolute atomic E-state index is 0.0848. The number of nitrogens with zero attached hydrogens (tertiary/aromatic N) is 3. The predicted molar refractivity (Wildman–Crippen MR) is 63.9 cm³/mol. The van der Waals surface area contributed by atoms with Crippen molar-refractivity contribution in [2.75, 3.05) is 0 Å². The second-order valence-corrected chi connectivity index (χ2v) is 4.11. The second kappa shape index (κ2) is 4.53. The van der Waals surface area contributed by atoms with E-state index in [2.05, 4.69) is 28.0 Å². The summed E-state index contributed by atoms with van der Waals surface area (Å²) in [5.74, 6) is 0. The number of hydrogen-bond acceptors (Lipinski definition) is 2. The van der Waals surface area contributed by atoms with Crippen LogP contribution in [0, 0.1) is 0 Å². The molecule has 0 bridgehead atoms. The minimum Gasteiger partial charge on any atom is -0.350 e. The molecule has 0 spiro atoms. The van der Waals surface area contributed by atoms with Crippen LogP contribution >= 0.6 is 0 Å². The SMILES string of the molecule is CC(N)c1cccn1CCc1ccnn1C. The van der Waals surface area contributed by atoms with Crippen LogP contribution < -0.4 is 5.73 Å². The second-order valence-electron chi connectivity index (χ2n) is 4.11. The number of aryl methyl sites for hydroxylation is 3. The van der Waals surface area contributed by atoms with Crippen molar-refractivity contribution in [3.8, 4) is 0 Å². The average Bonchev–Trinajstić information content (AvgIpc) is 2.83. The lowest BCUT2D eigenvalue weighted by molar-refractivity contribution is 0.599. The molecule has 2 N–H and O–H groups in total. The molecular weight excluding hydrogens is 200 g/mol. The Kier molecular flexibility index (Phi) is 3.10. The maximum atomic E-state index is 5.90. The molecule has 0 aliphatic heterocycles. The minimum atomic E-state index is 0.0848. The van der Waals surface area contributed by atoms with Gasteiger partial charge in [0.15, 0.2) is 0 Å². The molecule has 0 aromatic carbocycles. The third-order valence-corrected chi connectivity index (χ3v) is 2.86. The Bertz CT molecular complexity index is 453. The number of aromatic nitrogens is 3. The largest absolute Gasteiger partial charge is 0.350 e. The maximum absolute atomic E-state index is 5.90. The molecule has 2 rings (SSSR count). The average molecular weight is 218 g/mol. The zero-order valence-corrected chi connectivity index (χ0v) is 9.80. The van der Waals surface area contributed by atoms with Crippen LogP contribution in [-0.2, 0) is 20.0 Å². The van der Waals surface area contributed by atoms with Crippen molar-refractivity contribution in [3.05, 3.63) is 42.0 Å². The Morgan fingerprint density at radius 1 is 1.44 bits per heavy atom. The quantitative estimate of drug-likeness (QED) is 0.845. The molecule has 0 saturated heterocycles. The Hall–Kier alpha value is -1.55. The van der Waals surface area contributed by atoms with Crippen LogP contribution in [0.15, 0.2) is 30.6 Å². The zero-order chi connectivity index (χ0) is 11.5. The maximum Gasteiger partial charge on any atom is 0.0492 e. The van der Waals surface area contributed by atoms with Gasteiger partial charge in [0.1, 0.15) is 0 Å². The Morgan fingerprint density at radius 2 is 2.25 bits per heavy atom. The fraction of sp³-hybridized carbons (Fsp3) is 0.417. The van der Waals surface area contributed by atoms with Crippen LogP contribution in [-0.4, -0.2) is 14.3 Å². The lowest BCUT2D eigenvalue weighted by Gasteiger charge is -2.11. The van der Waals surface area contributed by atoms with E-state index in [0.717, 1.165) is 13.0 Å². The summed E-state index contributed by atoms with van der Waals surface area (Å²) in [5, 5.41) is 4.16. The molecule has 0 fully saturated rings. The van der Waals surface area contributed by atoms with Gasteiger partial charge in [0.2, 0.25) is 0 Å². The molecule has 1 unspecified atom stereocenters. The topological polar surface area (TPSA) is 48.8 Å². The van der Waals surface area contributed by atoms with Gasteiger partial charge in [0.25, 0.3) is 0 Å². The van der Waals surface area contributed by atoms with Crippen molar-refractivity contribution in [1.82, 2.24) is 14.3 Å². The van der Waals surface area contributed by atoms with E-state index in [0.29, 0.717) is 0 Å². The van der Waals surface area contributed by atoms with E-state index in [9.17, 15) is 0 Å². The first-order valence-electron chi connectivity index (χ1n) is 5.56. The van der Waals surface area contributed by atoms with E-state index in [4.69, 9.17) is 5.73 Å². The molecule has 0 aliphatic carbocycles. The van der Waals surface area contributed by atoms with Crippen molar-refractivity contribution in [1.29, 1.82) is 0 Å². The number of hydrogen-bond donors (Lipinski definition) is 1. The lowest BCUT2D eigenvalue weighted by Crippen LogP contribution is -2.13. The first-order chi connectivity index (χ1) is 7.68. The van der Waals surface area contributed by atoms with Gasteiger partial charge in [-0.2, -0.15) is 5.10 Å². The fourth-order valence-electron chi connectivity index (χ4n) is 1.93. The van der Waals surface area contributed by atoms with Crippen LogP contribution in [0.25, 0.3) is 0 Å². The standard InChI is InChI=1S/C12H18N4/c1-10(13)12-4-3-8-16(12)9-6-11-5-7-14-15(11)2/h3-5,7-8,10H,6,9,13H2,1-2H3. The van der Waals surface area contributed by atoms with Gasteiger partial charge in [-0.15, -0.1) is 0 Å². The van der Waals surface area contributed by atoms with Gasteiger partial charge in [-0.05, 0) is 25.1 Å². The van der Waals surface area contributed by atoms with Crippen LogP contribution in [0.3, 0.4) is 0 Å². The molecule has 2 aromatic rings. The van der Waals surface area contributed by atoms with Gasteiger partial charge in [0, 0.05) is 49.8 Å². The molecule has 0 aliphatic rings. The highest BCUT2D eigenvalue weighted by atomic mass is 15.3. The Balaban J connectivity index is 2.05. The molecule has 1 atom stereocenters. The van der Waals surface area contributed by atoms with Crippen LogP contribution in [0.1, 0.15) is 24.4 Å². The molecule has 16 heavy (non-hydrogen) atoms. The smallest absolute Gasteiger partial charge is 0.0492 e. The first kappa shape index (κ1) is 11.0.